The third kappa shape index (κ3) is 7.82. The summed E-state index contributed by atoms with van der Waals surface area (Å²) in [5, 5.41) is 11.9. The minimum absolute atomic E-state index is 0.633. The van der Waals surface area contributed by atoms with E-state index in [1.54, 1.807) is 0 Å². The Balaban J connectivity index is 2.89. The van der Waals surface area contributed by atoms with E-state index in [2.05, 4.69) is 6.92 Å². The first-order valence-corrected chi connectivity index (χ1v) is 4.73. The Morgan fingerprint density at radius 3 is 2.18 bits per heavy atom. The number of unbranched alkanes of at least 4 members (excludes halogenated alkanes) is 4. The summed E-state index contributed by atoms with van der Waals surface area (Å²) in [7, 11) is 0. The third-order valence-corrected chi connectivity index (χ3v) is 1.86. The summed E-state index contributed by atoms with van der Waals surface area (Å²) in [6.07, 6.45) is 6.15. The second-order valence-corrected chi connectivity index (χ2v) is 2.94. The molecule has 0 aliphatic rings. The molecule has 0 amide bonds. The largest absolute Gasteiger partial charge is 0.155 e. The van der Waals surface area contributed by atoms with Gasteiger partial charge in [-0.05, 0) is 13.3 Å². The first-order valence-electron chi connectivity index (χ1n) is 4.73. The second-order valence-electron chi connectivity index (χ2n) is 2.94. The molecular weight excluding hydrogens is 138 g/mol. The molecule has 0 aromatic carbocycles. The highest BCUT2D eigenvalue weighted by Gasteiger charge is 1.96. The summed E-state index contributed by atoms with van der Waals surface area (Å²) in [5.41, 5.74) is 0. The van der Waals surface area contributed by atoms with Crippen molar-refractivity contribution in [2.24, 2.45) is 0 Å². The lowest BCUT2D eigenvalue weighted by Gasteiger charge is -2.07. The Morgan fingerprint density at radius 1 is 1.00 bits per heavy atom. The minimum atomic E-state index is 0.633. The Labute approximate surface area is 70.2 Å². The maximum Gasteiger partial charge on any atom is 0.0271 e. The molecule has 0 aromatic heterocycles. The molecule has 0 heterocycles. The van der Waals surface area contributed by atoms with Crippen molar-refractivity contribution in [3.05, 3.63) is 0 Å². The third-order valence-electron chi connectivity index (χ3n) is 1.86. The topological polar surface area (TPSA) is 23.1 Å². The van der Waals surface area contributed by atoms with Crippen LogP contribution in [0.25, 0.3) is 0 Å². The van der Waals surface area contributed by atoms with Crippen molar-refractivity contribution in [2.75, 3.05) is 13.1 Å². The molecule has 0 aliphatic carbocycles. The van der Waals surface area contributed by atoms with Crippen molar-refractivity contribution in [3.63, 3.8) is 0 Å². The zero-order valence-corrected chi connectivity index (χ0v) is 7.81. The van der Waals surface area contributed by atoms with Gasteiger partial charge in [-0.25, -0.2) is 0 Å². The zero-order chi connectivity index (χ0) is 8.53. The van der Waals surface area contributed by atoms with Crippen LogP contribution in [0.3, 0.4) is 0 Å². The molecule has 0 saturated heterocycles. The monoisotopic (exact) mass is 158 g/mol. The molecule has 0 saturated carbocycles. The van der Waals surface area contributed by atoms with Crippen LogP contribution in [0.15, 0.2) is 0 Å². The normalized spacial score (nSPS) is 10.9. The number of rotatable bonds is 7. The fourth-order valence-electron chi connectivity index (χ4n) is 1.05. The van der Waals surface area contributed by atoms with Crippen LogP contribution in [-0.2, 0) is 5.21 Å². The molecule has 2 nitrogen and oxygen atoms in total. The average Bonchev–Trinajstić information content (AvgIpc) is 2.04. The molecule has 0 bridgehead atoms. The van der Waals surface area contributed by atoms with Crippen LogP contribution in [0, 0.1) is 0 Å². The Kier molecular flexibility index (Phi) is 7.96. The van der Waals surface area contributed by atoms with Gasteiger partial charge in [0.2, 0.25) is 0 Å². The van der Waals surface area contributed by atoms with Crippen molar-refractivity contribution < 1.29 is 5.21 Å². The highest BCUT2D eigenvalue weighted by molar-refractivity contribution is 4.45. The zero-order valence-electron chi connectivity index (χ0n) is 7.81. The van der Waals surface area contributed by atoms with E-state index >= 15 is 0 Å². The molecule has 0 atom stereocenters. The van der Waals surface area contributed by atoms with Gasteiger partial charge in [0.1, 0.15) is 0 Å². The molecule has 0 aromatic rings. The summed E-state index contributed by atoms with van der Waals surface area (Å²) in [5.74, 6) is 0. The standard InChI is InChI=1S/C9H20NO/c1-3-5-6-7-8-9-10(11)4-2/h3-9H2,1-2H3. The maximum atomic E-state index is 10.8. The van der Waals surface area contributed by atoms with Crippen LogP contribution >= 0.6 is 0 Å². The molecule has 1 radical (unpaired) electrons. The van der Waals surface area contributed by atoms with Crippen molar-refractivity contribution in [1.82, 2.24) is 5.06 Å². The van der Waals surface area contributed by atoms with Gasteiger partial charge in [-0.1, -0.05) is 32.6 Å². The minimum Gasteiger partial charge on any atom is -0.155 e. The van der Waals surface area contributed by atoms with Gasteiger partial charge in [0.15, 0.2) is 0 Å². The van der Waals surface area contributed by atoms with Gasteiger partial charge in [-0.2, -0.15) is 5.06 Å². The number of hydroxylamine groups is 2. The Morgan fingerprint density at radius 2 is 1.64 bits per heavy atom. The Bertz CT molecular complexity index is 76.0. The van der Waals surface area contributed by atoms with Crippen LogP contribution in [0.4, 0.5) is 0 Å². The quantitative estimate of drug-likeness (QED) is 0.412. The highest BCUT2D eigenvalue weighted by atomic mass is 16.5. The lowest BCUT2D eigenvalue weighted by atomic mass is 10.1. The summed E-state index contributed by atoms with van der Waals surface area (Å²) in [4.78, 5) is 0. The number of nitrogens with zero attached hydrogens (tertiary/aromatic N) is 1. The van der Waals surface area contributed by atoms with Gasteiger partial charge in [0, 0.05) is 13.1 Å². The number of hydrogen-bond acceptors (Lipinski definition) is 1. The predicted octanol–water partition coefficient (Wildman–Crippen LogP) is 2.62. The second kappa shape index (κ2) is 8.02. The van der Waals surface area contributed by atoms with Crippen LogP contribution < -0.4 is 0 Å². The summed E-state index contributed by atoms with van der Waals surface area (Å²) in [6.45, 7) is 5.46. The van der Waals surface area contributed by atoms with E-state index in [-0.39, 0.29) is 0 Å². The molecule has 0 fully saturated rings. The van der Waals surface area contributed by atoms with Gasteiger partial charge in [-0.15, -0.1) is 5.21 Å². The summed E-state index contributed by atoms with van der Waals surface area (Å²) >= 11 is 0. The smallest absolute Gasteiger partial charge is 0.0271 e. The van der Waals surface area contributed by atoms with Crippen LogP contribution in [0.2, 0.25) is 0 Å². The van der Waals surface area contributed by atoms with Gasteiger partial charge >= 0.3 is 0 Å². The van der Waals surface area contributed by atoms with E-state index < -0.39 is 0 Å². The van der Waals surface area contributed by atoms with Crippen molar-refractivity contribution >= 4 is 0 Å². The first-order chi connectivity index (χ1) is 5.31. The van der Waals surface area contributed by atoms with E-state index in [4.69, 9.17) is 0 Å². The van der Waals surface area contributed by atoms with Crippen molar-refractivity contribution in [2.45, 2.75) is 46.0 Å². The lowest BCUT2D eigenvalue weighted by Crippen LogP contribution is -2.17. The molecule has 0 rings (SSSR count). The highest BCUT2D eigenvalue weighted by Crippen LogP contribution is 2.02. The van der Waals surface area contributed by atoms with E-state index in [0.29, 0.717) is 6.54 Å². The predicted molar refractivity (Wildman–Crippen MR) is 46.7 cm³/mol. The molecule has 0 unspecified atom stereocenters. The maximum absolute atomic E-state index is 10.8. The average molecular weight is 158 g/mol. The number of hydrogen-bond donors (Lipinski definition) is 0. The molecule has 0 aliphatic heterocycles. The molecule has 2 heteroatoms. The van der Waals surface area contributed by atoms with Gasteiger partial charge in [0.05, 0.1) is 0 Å². The van der Waals surface area contributed by atoms with E-state index in [0.717, 1.165) is 18.0 Å². The van der Waals surface area contributed by atoms with Crippen LogP contribution in [0.1, 0.15) is 46.0 Å². The van der Waals surface area contributed by atoms with E-state index in [1.165, 1.54) is 25.7 Å². The van der Waals surface area contributed by atoms with E-state index in [9.17, 15) is 5.21 Å². The van der Waals surface area contributed by atoms with Crippen molar-refractivity contribution in [3.8, 4) is 0 Å². The molecule has 0 spiro atoms. The van der Waals surface area contributed by atoms with Crippen molar-refractivity contribution in [1.29, 1.82) is 0 Å². The van der Waals surface area contributed by atoms with Crippen LogP contribution in [0.5, 0.6) is 0 Å². The Hall–Kier alpha value is -0.0800. The van der Waals surface area contributed by atoms with Gasteiger partial charge < -0.3 is 0 Å². The molecular formula is C9H20NO. The fourth-order valence-corrected chi connectivity index (χ4v) is 1.05. The van der Waals surface area contributed by atoms with Crippen LogP contribution in [-0.4, -0.2) is 18.2 Å². The SMILES string of the molecule is CCCCCCCN([O])CC. The molecule has 67 valence electrons. The first kappa shape index (κ1) is 10.9. The van der Waals surface area contributed by atoms with Gasteiger partial charge in [-0.3, -0.25) is 0 Å². The van der Waals surface area contributed by atoms with Gasteiger partial charge in [0.25, 0.3) is 0 Å². The molecule has 0 N–H and O–H groups in total. The lowest BCUT2D eigenvalue weighted by molar-refractivity contribution is -0.153. The summed E-state index contributed by atoms with van der Waals surface area (Å²) in [6, 6.07) is 0. The summed E-state index contributed by atoms with van der Waals surface area (Å²) < 4.78 is 0. The van der Waals surface area contributed by atoms with E-state index in [1.807, 2.05) is 6.92 Å². The molecule has 11 heavy (non-hydrogen) atoms. The fraction of sp³-hybridized carbons (Fsp3) is 1.00.